The molecular weight excluding hydrogens is 198 g/mol. The number of carbonyl (C=O) groups is 1. The normalized spacial score (nSPS) is 18.2. The van der Waals surface area contributed by atoms with Gasteiger partial charge in [0.1, 0.15) is 0 Å². The highest BCUT2D eigenvalue weighted by Gasteiger charge is 2.23. The maximum absolute atomic E-state index is 12.2. The van der Waals surface area contributed by atoms with Gasteiger partial charge in [0.2, 0.25) is 5.91 Å². The van der Waals surface area contributed by atoms with Crippen LogP contribution in [0.5, 0.6) is 0 Å². The van der Waals surface area contributed by atoms with E-state index in [1.165, 1.54) is 32.1 Å². The molecule has 1 rings (SSSR count). The van der Waals surface area contributed by atoms with Gasteiger partial charge < -0.3 is 4.90 Å². The molecule has 0 aromatic carbocycles. The van der Waals surface area contributed by atoms with E-state index in [0.717, 1.165) is 19.4 Å². The molecule has 0 radical (unpaired) electrons. The molecule has 0 heterocycles. The Morgan fingerprint density at radius 3 is 2.31 bits per heavy atom. The minimum Gasteiger partial charge on any atom is -0.332 e. The molecule has 90 valence electrons. The van der Waals surface area contributed by atoms with Crippen LogP contribution in [0, 0.1) is 18.3 Å². The molecule has 0 aliphatic heterocycles. The topological polar surface area (TPSA) is 20.3 Å². The fraction of sp³-hybridized carbons (Fsp3) is 0.786. The lowest BCUT2D eigenvalue weighted by Gasteiger charge is -2.25. The zero-order chi connectivity index (χ0) is 11.8. The predicted octanol–water partition coefficient (Wildman–Crippen LogP) is 2.83. The van der Waals surface area contributed by atoms with Crippen molar-refractivity contribution in [1.82, 2.24) is 4.90 Å². The van der Waals surface area contributed by atoms with Crippen LogP contribution in [-0.2, 0) is 4.79 Å². The average Bonchev–Trinajstić information content (AvgIpc) is 2.24. The highest BCUT2D eigenvalue weighted by atomic mass is 16.2. The second kappa shape index (κ2) is 7.33. The van der Waals surface area contributed by atoms with E-state index in [1.54, 1.807) is 0 Å². The maximum atomic E-state index is 12.2. The first-order chi connectivity index (χ1) is 7.79. The molecule has 0 N–H and O–H groups in total. The van der Waals surface area contributed by atoms with Crippen LogP contribution in [0.4, 0.5) is 0 Å². The number of amides is 1. The molecule has 0 aromatic heterocycles. The van der Waals surface area contributed by atoms with Crippen molar-refractivity contribution in [3.63, 3.8) is 0 Å². The summed E-state index contributed by atoms with van der Waals surface area (Å²) in [7, 11) is 0. The number of rotatable bonds is 3. The van der Waals surface area contributed by atoms with Gasteiger partial charge in [0, 0.05) is 12.5 Å². The summed E-state index contributed by atoms with van der Waals surface area (Å²) in [5.74, 6) is 3.08. The van der Waals surface area contributed by atoms with E-state index in [2.05, 4.69) is 5.92 Å². The minimum absolute atomic E-state index is 0.230. The van der Waals surface area contributed by atoms with Crippen LogP contribution in [0.3, 0.4) is 0 Å². The summed E-state index contributed by atoms with van der Waals surface area (Å²) >= 11 is 0. The molecule has 1 aliphatic carbocycles. The van der Waals surface area contributed by atoms with Crippen molar-refractivity contribution >= 4 is 5.91 Å². The molecule has 0 saturated heterocycles. The van der Waals surface area contributed by atoms with Crippen LogP contribution in [-0.4, -0.2) is 23.9 Å². The molecule has 0 atom stereocenters. The van der Waals surface area contributed by atoms with Gasteiger partial charge in [-0.25, -0.2) is 0 Å². The number of hydrogen-bond acceptors (Lipinski definition) is 1. The Bertz CT molecular complexity index is 246. The summed E-state index contributed by atoms with van der Waals surface area (Å²) in [6.45, 7) is 3.20. The van der Waals surface area contributed by atoms with Gasteiger partial charge in [-0.15, -0.1) is 6.42 Å². The van der Waals surface area contributed by atoms with Crippen molar-refractivity contribution in [2.24, 2.45) is 5.92 Å². The summed E-state index contributed by atoms with van der Waals surface area (Å²) in [4.78, 5) is 14.0. The summed E-state index contributed by atoms with van der Waals surface area (Å²) in [5, 5.41) is 0. The SMILES string of the molecule is C#CCN(CC)C(=O)C1CCCCCCC1. The van der Waals surface area contributed by atoms with Crippen molar-refractivity contribution in [3.05, 3.63) is 0 Å². The molecule has 0 aromatic rings. The molecule has 2 nitrogen and oxygen atoms in total. The van der Waals surface area contributed by atoms with Crippen LogP contribution >= 0.6 is 0 Å². The van der Waals surface area contributed by atoms with Crippen molar-refractivity contribution in [2.45, 2.75) is 51.9 Å². The van der Waals surface area contributed by atoms with E-state index < -0.39 is 0 Å². The van der Waals surface area contributed by atoms with Gasteiger partial charge in [0.15, 0.2) is 0 Å². The molecule has 1 saturated carbocycles. The van der Waals surface area contributed by atoms with Gasteiger partial charge in [0.25, 0.3) is 0 Å². The molecule has 16 heavy (non-hydrogen) atoms. The summed E-state index contributed by atoms with van der Waals surface area (Å²) in [6.07, 6.45) is 13.7. The smallest absolute Gasteiger partial charge is 0.226 e. The third kappa shape index (κ3) is 3.89. The zero-order valence-electron chi connectivity index (χ0n) is 10.4. The van der Waals surface area contributed by atoms with E-state index >= 15 is 0 Å². The van der Waals surface area contributed by atoms with Gasteiger partial charge in [-0.1, -0.05) is 38.0 Å². The number of hydrogen-bond donors (Lipinski definition) is 0. The monoisotopic (exact) mass is 221 g/mol. The van der Waals surface area contributed by atoms with Gasteiger partial charge in [-0.05, 0) is 19.8 Å². The van der Waals surface area contributed by atoms with Gasteiger partial charge >= 0.3 is 0 Å². The Labute approximate surface area is 99.4 Å². The van der Waals surface area contributed by atoms with E-state index in [-0.39, 0.29) is 11.8 Å². The lowest BCUT2D eigenvalue weighted by molar-refractivity contribution is -0.135. The Hall–Kier alpha value is -0.970. The third-order valence-corrected chi connectivity index (χ3v) is 3.43. The van der Waals surface area contributed by atoms with Crippen LogP contribution < -0.4 is 0 Å². The van der Waals surface area contributed by atoms with E-state index in [1.807, 2.05) is 11.8 Å². The molecular formula is C14H23NO. The largest absolute Gasteiger partial charge is 0.332 e. The Kier molecular flexibility index (Phi) is 6.00. The van der Waals surface area contributed by atoms with E-state index in [9.17, 15) is 4.79 Å². The standard InChI is InChI=1S/C14H23NO/c1-3-12-15(4-2)14(16)13-10-8-6-5-7-9-11-13/h1,13H,4-12H2,2H3. The first-order valence-corrected chi connectivity index (χ1v) is 6.51. The predicted molar refractivity (Wildman–Crippen MR) is 66.9 cm³/mol. The van der Waals surface area contributed by atoms with Crippen LogP contribution in [0.2, 0.25) is 0 Å². The molecule has 1 amide bonds. The molecule has 0 bridgehead atoms. The lowest BCUT2D eigenvalue weighted by Crippen LogP contribution is -2.36. The summed E-state index contributed by atoms with van der Waals surface area (Å²) in [5.41, 5.74) is 0. The zero-order valence-corrected chi connectivity index (χ0v) is 10.4. The third-order valence-electron chi connectivity index (χ3n) is 3.43. The maximum Gasteiger partial charge on any atom is 0.226 e. The van der Waals surface area contributed by atoms with Crippen LogP contribution in [0.1, 0.15) is 51.9 Å². The van der Waals surface area contributed by atoms with E-state index in [4.69, 9.17) is 6.42 Å². The van der Waals surface area contributed by atoms with Crippen molar-refractivity contribution in [3.8, 4) is 12.3 Å². The molecule has 1 fully saturated rings. The summed E-state index contributed by atoms with van der Waals surface area (Å²) < 4.78 is 0. The fourth-order valence-corrected chi connectivity index (χ4v) is 2.42. The highest BCUT2D eigenvalue weighted by molar-refractivity contribution is 5.79. The average molecular weight is 221 g/mol. The summed E-state index contributed by atoms with van der Waals surface area (Å²) in [6, 6.07) is 0. The molecule has 0 unspecified atom stereocenters. The lowest BCUT2D eigenvalue weighted by atomic mass is 9.90. The van der Waals surface area contributed by atoms with Gasteiger partial charge in [-0.2, -0.15) is 0 Å². The molecule has 1 aliphatic rings. The highest BCUT2D eigenvalue weighted by Crippen LogP contribution is 2.23. The second-order valence-corrected chi connectivity index (χ2v) is 4.60. The van der Waals surface area contributed by atoms with Crippen LogP contribution in [0.25, 0.3) is 0 Å². The van der Waals surface area contributed by atoms with E-state index in [0.29, 0.717) is 6.54 Å². The van der Waals surface area contributed by atoms with Crippen molar-refractivity contribution in [2.75, 3.05) is 13.1 Å². The number of terminal acetylenes is 1. The van der Waals surface area contributed by atoms with Gasteiger partial charge in [-0.3, -0.25) is 4.79 Å². The quantitative estimate of drug-likeness (QED) is 0.671. The first kappa shape index (κ1) is 13.1. The second-order valence-electron chi connectivity index (χ2n) is 4.60. The fourth-order valence-electron chi connectivity index (χ4n) is 2.42. The van der Waals surface area contributed by atoms with Crippen LogP contribution in [0.15, 0.2) is 0 Å². The minimum atomic E-state index is 0.230. The number of carbonyl (C=O) groups excluding carboxylic acids is 1. The molecule has 2 heteroatoms. The molecule has 0 spiro atoms. The Morgan fingerprint density at radius 2 is 1.81 bits per heavy atom. The van der Waals surface area contributed by atoms with Crippen molar-refractivity contribution in [1.29, 1.82) is 0 Å². The van der Waals surface area contributed by atoms with Crippen molar-refractivity contribution < 1.29 is 4.79 Å². The number of nitrogens with zero attached hydrogens (tertiary/aromatic N) is 1. The Balaban J connectivity index is 2.51. The Morgan fingerprint density at radius 1 is 1.25 bits per heavy atom. The van der Waals surface area contributed by atoms with Gasteiger partial charge in [0.05, 0.1) is 6.54 Å². The first-order valence-electron chi connectivity index (χ1n) is 6.51.